The average molecular weight is 385 g/mol. The molecular weight excluding hydrogens is 368 g/mol. The Morgan fingerprint density at radius 1 is 1.08 bits per heavy atom. The highest BCUT2D eigenvalue weighted by Crippen LogP contribution is 2.14. The SMILES string of the molecule is Cc1cc(C)n(-c2cc(N/N=C\c3ccc(Br)cc3)nc(C)n2)n1. The minimum atomic E-state index is 0.624. The number of rotatable bonds is 4. The van der Waals surface area contributed by atoms with Crippen molar-refractivity contribution in [3.63, 3.8) is 0 Å². The van der Waals surface area contributed by atoms with Crippen LogP contribution < -0.4 is 5.43 Å². The molecule has 0 amide bonds. The minimum Gasteiger partial charge on any atom is -0.261 e. The molecule has 0 aliphatic rings. The summed E-state index contributed by atoms with van der Waals surface area (Å²) in [6.45, 7) is 5.80. The Morgan fingerprint density at radius 3 is 2.50 bits per heavy atom. The lowest BCUT2D eigenvalue weighted by Gasteiger charge is -2.07. The number of anilines is 1. The molecule has 24 heavy (non-hydrogen) atoms. The van der Waals surface area contributed by atoms with Crippen LogP contribution in [0.1, 0.15) is 22.8 Å². The standard InChI is InChI=1S/C17H17BrN6/c1-11-8-12(2)24(23-11)17-9-16(20-13(3)21-17)22-19-10-14-4-6-15(18)7-5-14/h4-10H,1-3H3,(H,20,21,22)/b19-10-. The van der Waals surface area contributed by atoms with Crippen LogP contribution in [0.3, 0.4) is 0 Å². The van der Waals surface area contributed by atoms with E-state index >= 15 is 0 Å². The van der Waals surface area contributed by atoms with Crippen LogP contribution in [0, 0.1) is 20.8 Å². The summed E-state index contributed by atoms with van der Waals surface area (Å²) in [7, 11) is 0. The van der Waals surface area contributed by atoms with Gasteiger partial charge in [-0.15, -0.1) is 0 Å². The summed E-state index contributed by atoms with van der Waals surface area (Å²) in [6.07, 6.45) is 1.74. The first-order valence-corrected chi connectivity index (χ1v) is 8.24. The zero-order valence-electron chi connectivity index (χ0n) is 13.7. The van der Waals surface area contributed by atoms with E-state index in [1.54, 1.807) is 10.9 Å². The van der Waals surface area contributed by atoms with E-state index < -0.39 is 0 Å². The van der Waals surface area contributed by atoms with Crippen molar-refractivity contribution in [2.24, 2.45) is 5.10 Å². The first-order valence-electron chi connectivity index (χ1n) is 7.45. The van der Waals surface area contributed by atoms with Crippen molar-refractivity contribution in [3.05, 3.63) is 63.6 Å². The molecule has 0 spiro atoms. The monoisotopic (exact) mass is 384 g/mol. The first-order chi connectivity index (χ1) is 11.5. The molecule has 3 aromatic rings. The molecule has 1 aromatic carbocycles. The highest BCUT2D eigenvalue weighted by atomic mass is 79.9. The number of hydrogen-bond donors (Lipinski definition) is 1. The lowest BCUT2D eigenvalue weighted by atomic mass is 10.2. The van der Waals surface area contributed by atoms with E-state index in [0.29, 0.717) is 11.6 Å². The maximum absolute atomic E-state index is 4.45. The number of aryl methyl sites for hydroxylation is 3. The highest BCUT2D eigenvalue weighted by molar-refractivity contribution is 9.10. The Hall–Kier alpha value is -2.54. The fourth-order valence-electron chi connectivity index (χ4n) is 2.30. The van der Waals surface area contributed by atoms with Gasteiger partial charge < -0.3 is 0 Å². The van der Waals surface area contributed by atoms with Gasteiger partial charge in [0.25, 0.3) is 0 Å². The predicted octanol–water partition coefficient (Wildman–Crippen LogP) is 3.80. The van der Waals surface area contributed by atoms with E-state index in [1.165, 1.54) is 0 Å². The van der Waals surface area contributed by atoms with Crippen LogP contribution in [-0.4, -0.2) is 26.0 Å². The number of hydrazone groups is 1. The van der Waals surface area contributed by atoms with Gasteiger partial charge in [0.05, 0.1) is 11.9 Å². The molecule has 0 aliphatic carbocycles. The molecule has 0 atom stereocenters. The summed E-state index contributed by atoms with van der Waals surface area (Å²) in [5, 5.41) is 8.69. The maximum Gasteiger partial charge on any atom is 0.159 e. The number of hydrogen-bond acceptors (Lipinski definition) is 5. The Morgan fingerprint density at radius 2 is 1.83 bits per heavy atom. The molecule has 0 unspecified atom stereocenters. The van der Waals surface area contributed by atoms with E-state index in [1.807, 2.05) is 57.2 Å². The van der Waals surface area contributed by atoms with Crippen molar-refractivity contribution in [2.75, 3.05) is 5.43 Å². The third-order valence-corrected chi connectivity index (χ3v) is 3.84. The smallest absolute Gasteiger partial charge is 0.159 e. The van der Waals surface area contributed by atoms with Crippen LogP contribution in [-0.2, 0) is 0 Å². The van der Waals surface area contributed by atoms with Crippen LogP contribution in [0.25, 0.3) is 5.82 Å². The lowest BCUT2D eigenvalue weighted by Crippen LogP contribution is -2.06. The van der Waals surface area contributed by atoms with E-state index in [-0.39, 0.29) is 0 Å². The second-order valence-corrected chi connectivity index (χ2v) is 6.33. The van der Waals surface area contributed by atoms with Crippen molar-refractivity contribution < 1.29 is 0 Å². The van der Waals surface area contributed by atoms with Crippen molar-refractivity contribution in [1.82, 2.24) is 19.7 Å². The van der Waals surface area contributed by atoms with E-state index in [0.717, 1.165) is 27.2 Å². The molecule has 3 rings (SSSR count). The Bertz CT molecular complexity index is 883. The van der Waals surface area contributed by atoms with Gasteiger partial charge in [0.15, 0.2) is 11.6 Å². The van der Waals surface area contributed by atoms with Crippen LogP contribution in [0.5, 0.6) is 0 Å². The summed E-state index contributed by atoms with van der Waals surface area (Å²) in [4.78, 5) is 8.80. The molecular formula is C17H17BrN6. The molecule has 1 N–H and O–H groups in total. The molecule has 2 aromatic heterocycles. The third-order valence-electron chi connectivity index (χ3n) is 3.31. The van der Waals surface area contributed by atoms with Crippen molar-refractivity contribution in [3.8, 4) is 5.82 Å². The Balaban J connectivity index is 1.81. The van der Waals surface area contributed by atoms with Crippen LogP contribution in [0.2, 0.25) is 0 Å². The fraction of sp³-hybridized carbons (Fsp3) is 0.176. The molecule has 0 saturated heterocycles. The topological polar surface area (TPSA) is 68.0 Å². The van der Waals surface area contributed by atoms with Gasteiger partial charge in [-0.1, -0.05) is 28.1 Å². The van der Waals surface area contributed by atoms with Crippen LogP contribution in [0.15, 0.2) is 46.0 Å². The van der Waals surface area contributed by atoms with Gasteiger partial charge in [-0.25, -0.2) is 14.6 Å². The summed E-state index contributed by atoms with van der Waals surface area (Å²) in [5.41, 5.74) is 5.92. The molecule has 122 valence electrons. The molecule has 7 heteroatoms. The van der Waals surface area contributed by atoms with Gasteiger partial charge in [0.2, 0.25) is 0 Å². The largest absolute Gasteiger partial charge is 0.261 e. The average Bonchev–Trinajstić information content (AvgIpc) is 2.87. The molecule has 0 saturated carbocycles. The zero-order chi connectivity index (χ0) is 17.1. The van der Waals surface area contributed by atoms with E-state index in [2.05, 4.69) is 41.5 Å². The van der Waals surface area contributed by atoms with Gasteiger partial charge in [0, 0.05) is 16.2 Å². The van der Waals surface area contributed by atoms with E-state index in [9.17, 15) is 0 Å². The molecule has 0 radical (unpaired) electrons. The zero-order valence-corrected chi connectivity index (χ0v) is 15.2. The van der Waals surface area contributed by atoms with Gasteiger partial charge in [-0.05, 0) is 44.5 Å². The van der Waals surface area contributed by atoms with Gasteiger partial charge >= 0.3 is 0 Å². The number of aromatic nitrogens is 4. The summed E-state index contributed by atoms with van der Waals surface area (Å²) in [6, 6.07) is 11.7. The third kappa shape index (κ3) is 3.86. The second kappa shape index (κ2) is 6.92. The number of nitrogens with one attached hydrogen (secondary N) is 1. The van der Waals surface area contributed by atoms with Crippen LogP contribution >= 0.6 is 15.9 Å². The Kier molecular flexibility index (Phi) is 4.71. The fourth-order valence-corrected chi connectivity index (χ4v) is 2.56. The van der Waals surface area contributed by atoms with Gasteiger partial charge in [0.1, 0.15) is 5.82 Å². The molecule has 0 bridgehead atoms. The normalized spacial score (nSPS) is 11.2. The predicted molar refractivity (Wildman–Crippen MR) is 98.7 cm³/mol. The molecule has 2 heterocycles. The molecule has 6 nitrogen and oxygen atoms in total. The van der Waals surface area contributed by atoms with Crippen molar-refractivity contribution >= 4 is 28.0 Å². The summed E-state index contributed by atoms with van der Waals surface area (Å²) >= 11 is 3.41. The highest BCUT2D eigenvalue weighted by Gasteiger charge is 2.08. The second-order valence-electron chi connectivity index (χ2n) is 5.42. The van der Waals surface area contributed by atoms with Crippen molar-refractivity contribution in [1.29, 1.82) is 0 Å². The van der Waals surface area contributed by atoms with Gasteiger partial charge in [-0.3, -0.25) is 5.43 Å². The molecule has 0 fully saturated rings. The quantitative estimate of drug-likeness (QED) is 0.548. The van der Waals surface area contributed by atoms with Crippen molar-refractivity contribution in [2.45, 2.75) is 20.8 Å². The number of halogens is 1. The summed E-state index contributed by atoms with van der Waals surface area (Å²) < 4.78 is 2.83. The first kappa shape index (κ1) is 16.3. The molecule has 0 aliphatic heterocycles. The number of benzene rings is 1. The van der Waals surface area contributed by atoms with Crippen LogP contribution in [0.4, 0.5) is 5.82 Å². The number of nitrogens with zero attached hydrogens (tertiary/aromatic N) is 5. The van der Waals surface area contributed by atoms with E-state index in [4.69, 9.17) is 0 Å². The minimum absolute atomic E-state index is 0.624. The summed E-state index contributed by atoms with van der Waals surface area (Å²) in [5.74, 6) is 1.99. The Labute approximate surface area is 148 Å². The lowest BCUT2D eigenvalue weighted by molar-refractivity contribution is 0.793. The van der Waals surface area contributed by atoms with Gasteiger partial charge in [-0.2, -0.15) is 10.2 Å². The maximum atomic E-state index is 4.45.